The van der Waals surface area contributed by atoms with Crippen molar-refractivity contribution in [2.24, 2.45) is 7.05 Å². The van der Waals surface area contributed by atoms with Gasteiger partial charge in [-0.25, -0.2) is 9.59 Å². The molecule has 0 saturated carbocycles. The minimum absolute atomic E-state index is 0.0472. The van der Waals surface area contributed by atoms with Gasteiger partial charge in [-0.15, -0.1) is 0 Å². The van der Waals surface area contributed by atoms with Gasteiger partial charge in [0.2, 0.25) is 5.78 Å². The van der Waals surface area contributed by atoms with Crippen molar-refractivity contribution >= 4 is 33.5 Å². The number of aromatic hydroxyl groups is 1. The number of esters is 1. The summed E-state index contributed by atoms with van der Waals surface area (Å²) in [6.45, 7) is -0.751. The average molecular weight is 488 g/mol. The highest BCUT2D eigenvalue weighted by molar-refractivity contribution is 9.10. The first-order valence-electron chi connectivity index (χ1n) is 9.02. The van der Waals surface area contributed by atoms with Crippen LogP contribution in [0.5, 0.6) is 5.75 Å². The van der Waals surface area contributed by atoms with Crippen molar-refractivity contribution in [2.75, 3.05) is 12.3 Å². The van der Waals surface area contributed by atoms with Crippen LogP contribution in [0, 0.1) is 0 Å². The zero-order valence-corrected chi connectivity index (χ0v) is 18.0. The molecule has 3 aromatic rings. The number of rotatable bonds is 6. The summed E-state index contributed by atoms with van der Waals surface area (Å²) >= 11 is 3.17. The summed E-state index contributed by atoms with van der Waals surface area (Å²) < 4.78 is 7.36. The number of hydrogen-bond donors (Lipinski definition) is 2. The normalized spacial score (nSPS) is 10.6. The van der Waals surface area contributed by atoms with Crippen LogP contribution in [0.4, 0.5) is 5.82 Å². The van der Waals surface area contributed by atoms with Gasteiger partial charge in [-0.3, -0.25) is 18.7 Å². The first-order valence-corrected chi connectivity index (χ1v) is 9.82. The third-order valence-electron chi connectivity index (χ3n) is 4.56. The Labute approximate surface area is 184 Å². The zero-order valence-electron chi connectivity index (χ0n) is 16.4. The van der Waals surface area contributed by atoms with Gasteiger partial charge in [0, 0.05) is 11.5 Å². The number of ketones is 1. The van der Waals surface area contributed by atoms with Gasteiger partial charge in [-0.2, -0.15) is 0 Å². The number of nitrogens with zero attached hydrogens (tertiary/aromatic N) is 2. The maximum absolute atomic E-state index is 12.7. The second kappa shape index (κ2) is 9.00. The molecule has 3 N–H and O–H groups in total. The van der Waals surface area contributed by atoms with E-state index in [1.54, 1.807) is 24.3 Å². The Balaban J connectivity index is 1.90. The molecule has 0 bridgehead atoms. The van der Waals surface area contributed by atoms with E-state index in [-0.39, 0.29) is 23.7 Å². The van der Waals surface area contributed by atoms with Gasteiger partial charge < -0.3 is 15.6 Å². The van der Waals surface area contributed by atoms with Crippen molar-refractivity contribution in [3.05, 3.63) is 90.5 Å². The highest BCUT2D eigenvalue weighted by Crippen LogP contribution is 2.22. The second-order valence-electron chi connectivity index (χ2n) is 6.64. The van der Waals surface area contributed by atoms with Crippen molar-refractivity contribution in [3.8, 4) is 5.75 Å². The molecule has 0 unspecified atom stereocenters. The van der Waals surface area contributed by atoms with Crippen molar-refractivity contribution in [2.45, 2.75) is 6.54 Å². The van der Waals surface area contributed by atoms with Crippen LogP contribution in [-0.2, 0) is 18.3 Å². The van der Waals surface area contributed by atoms with Gasteiger partial charge in [-0.1, -0.05) is 46.3 Å². The van der Waals surface area contributed by atoms with Gasteiger partial charge >= 0.3 is 11.7 Å². The molecule has 0 atom stereocenters. The van der Waals surface area contributed by atoms with Crippen LogP contribution in [0.2, 0.25) is 0 Å². The molecule has 1 aromatic heterocycles. The van der Waals surface area contributed by atoms with Crippen molar-refractivity contribution in [3.63, 3.8) is 0 Å². The van der Waals surface area contributed by atoms with Crippen molar-refractivity contribution < 1.29 is 19.4 Å². The summed E-state index contributed by atoms with van der Waals surface area (Å²) in [5, 5.41) is 9.80. The maximum atomic E-state index is 12.7. The van der Waals surface area contributed by atoms with Crippen LogP contribution in [0.25, 0.3) is 0 Å². The number of benzene rings is 2. The molecule has 0 amide bonds. The lowest BCUT2D eigenvalue weighted by Crippen LogP contribution is -2.43. The lowest BCUT2D eigenvalue weighted by atomic mass is 10.1. The Kier molecular flexibility index (Phi) is 6.40. The van der Waals surface area contributed by atoms with Crippen LogP contribution >= 0.6 is 15.9 Å². The minimum atomic E-state index is -0.958. The molecule has 1 heterocycles. The number of aromatic nitrogens is 2. The highest BCUT2D eigenvalue weighted by Gasteiger charge is 2.23. The molecule has 0 aliphatic heterocycles. The van der Waals surface area contributed by atoms with E-state index in [0.717, 1.165) is 14.7 Å². The van der Waals surface area contributed by atoms with Crippen LogP contribution in [0.15, 0.2) is 62.6 Å². The molecule has 3 rings (SSSR count). The third-order valence-corrected chi connectivity index (χ3v) is 5.05. The maximum Gasteiger partial charge on any atom is 0.342 e. The summed E-state index contributed by atoms with van der Waals surface area (Å²) in [7, 11) is 1.23. The molecule has 0 aliphatic carbocycles. The van der Waals surface area contributed by atoms with Crippen LogP contribution in [-0.4, -0.2) is 32.6 Å². The highest BCUT2D eigenvalue weighted by atomic mass is 79.9. The van der Waals surface area contributed by atoms with Crippen molar-refractivity contribution in [1.82, 2.24) is 9.13 Å². The molecular weight excluding hydrogens is 470 g/mol. The Bertz CT molecular complexity index is 1280. The average Bonchev–Trinajstić information content (AvgIpc) is 2.76. The van der Waals surface area contributed by atoms with E-state index in [0.29, 0.717) is 4.47 Å². The molecule has 0 saturated heterocycles. The van der Waals surface area contributed by atoms with Gasteiger partial charge in [-0.05, 0) is 23.8 Å². The van der Waals surface area contributed by atoms with E-state index in [9.17, 15) is 24.3 Å². The number of hydrogen-bond acceptors (Lipinski definition) is 7. The molecule has 2 aromatic carbocycles. The molecule has 31 heavy (non-hydrogen) atoms. The lowest BCUT2D eigenvalue weighted by molar-refractivity contribution is 0.0471. The van der Waals surface area contributed by atoms with Gasteiger partial charge in [0.05, 0.1) is 6.54 Å². The summed E-state index contributed by atoms with van der Waals surface area (Å²) in [6.07, 6.45) is 0. The van der Waals surface area contributed by atoms with Crippen molar-refractivity contribution in [1.29, 1.82) is 0 Å². The summed E-state index contributed by atoms with van der Waals surface area (Å²) in [5.41, 5.74) is 4.56. The molecule has 9 nitrogen and oxygen atoms in total. The van der Waals surface area contributed by atoms with Crippen LogP contribution in [0.1, 0.15) is 26.3 Å². The fourth-order valence-electron chi connectivity index (χ4n) is 2.92. The van der Waals surface area contributed by atoms with E-state index in [2.05, 4.69) is 15.9 Å². The number of carbonyl (C=O) groups excluding carboxylic acids is 2. The number of ether oxygens (including phenoxy) is 1. The third kappa shape index (κ3) is 4.58. The first kappa shape index (κ1) is 22.0. The Morgan fingerprint density at radius 1 is 1.13 bits per heavy atom. The van der Waals surface area contributed by atoms with E-state index in [4.69, 9.17) is 10.5 Å². The SMILES string of the molecule is Cn1c(=O)c(C(=O)COC(=O)c2cc(Br)ccc2O)c(N)n(Cc2ccccc2)c1=O. The fraction of sp³-hybridized carbons (Fsp3) is 0.143. The van der Waals surface area contributed by atoms with Crippen LogP contribution < -0.4 is 17.0 Å². The number of nitrogens with two attached hydrogens (primary N) is 1. The predicted molar refractivity (Wildman–Crippen MR) is 116 cm³/mol. The molecule has 0 spiro atoms. The molecule has 0 fully saturated rings. The monoisotopic (exact) mass is 487 g/mol. The van der Waals surface area contributed by atoms with Crippen LogP contribution in [0.3, 0.4) is 0 Å². The quantitative estimate of drug-likeness (QED) is 0.399. The standard InChI is InChI=1S/C21H18BrN3O6/c1-24-19(28)17(18(23)25(21(24)30)10-12-5-3-2-4-6-12)16(27)11-31-20(29)14-9-13(22)7-8-15(14)26/h2-9,26H,10-11,23H2,1H3. The van der Waals surface area contributed by atoms with Gasteiger partial charge in [0.1, 0.15) is 22.7 Å². The lowest BCUT2D eigenvalue weighted by Gasteiger charge is -2.15. The van der Waals surface area contributed by atoms with Gasteiger partial charge in [0.25, 0.3) is 5.56 Å². The largest absolute Gasteiger partial charge is 0.507 e. The zero-order chi connectivity index (χ0) is 22.7. The van der Waals surface area contributed by atoms with E-state index in [1.165, 1.54) is 25.2 Å². The number of carbonyl (C=O) groups is 2. The Morgan fingerprint density at radius 2 is 1.81 bits per heavy atom. The number of anilines is 1. The predicted octanol–water partition coefficient (Wildman–Crippen LogP) is 1.69. The molecule has 0 aliphatic rings. The number of Topliss-reactive ketones (excluding diaryl/α,β-unsaturated/α-hetero) is 1. The summed E-state index contributed by atoms with van der Waals surface area (Å²) in [4.78, 5) is 50.0. The topological polar surface area (TPSA) is 134 Å². The van der Waals surface area contributed by atoms with Gasteiger partial charge in [0.15, 0.2) is 6.61 Å². The molecule has 10 heteroatoms. The number of nitrogen functional groups attached to an aromatic ring is 1. The Hall–Kier alpha value is -3.66. The number of phenols is 1. The molecule has 160 valence electrons. The van der Waals surface area contributed by atoms with E-state index in [1.807, 2.05) is 6.07 Å². The molecular formula is C21H18BrN3O6. The smallest absolute Gasteiger partial charge is 0.342 e. The fourth-order valence-corrected chi connectivity index (χ4v) is 3.28. The van der Waals surface area contributed by atoms with E-state index >= 15 is 0 Å². The minimum Gasteiger partial charge on any atom is -0.507 e. The first-order chi connectivity index (χ1) is 14.7. The second-order valence-corrected chi connectivity index (χ2v) is 7.56. The number of halogens is 1. The Morgan fingerprint density at radius 3 is 2.48 bits per heavy atom. The molecule has 0 radical (unpaired) electrons. The van der Waals surface area contributed by atoms with E-state index < -0.39 is 35.2 Å². The number of phenolic OH excluding ortho intramolecular Hbond substituents is 1. The summed E-state index contributed by atoms with van der Waals surface area (Å²) in [6, 6.07) is 13.0. The summed E-state index contributed by atoms with van der Waals surface area (Å²) in [5.74, 6) is -2.47.